The van der Waals surface area contributed by atoms with E-state index in [9.17, 15) is 0 Å². The molecule has 1 unspecified atom stereocenters. The van der Waals surface area contributed by atoms with E-state index >= 15 is 0 Å². The molecule has 0 saturated heterocycles. The number of ether oxygens (including phenoxy) is 1. The maximum Gasteiger partial charge on any atom is 0.141 e. The van der Waals surface area contributed by atoms with Crippen LogP contribution in [0, 0.1) is 6.92 Å². The second-order valence-corrected chi connectivity index (χ2v) is 4.25. The van der Waals surface area contributed by atoms with Crippen LogP contribution in [0.1, 0.15) is 25.3 Å². The Hall–Kier alpha value is -1.91. The molecule has 0 heterocycles. The normalized spacial score (nSPS) is 13.2. The van der Waals surface area contributed by atoms with Gasteiger partial charge in [-0.3, -0.25) is 0 Å². The highest BCUT2D eigenvalue weighted by Gasteiger charge is 2.11. The molecular weight excluding hydrogens is 230 g/mol. The Balaban J connectivity index is 2.83. The molecule has 0 saturated carbocycles. The minimum absolute atomic E-state index is 0.108. The van der Waals surface area contributed by atoms with Gasteiger partial charge in [-0.25, -0.2) is 0 Å². The van der Waals surface area contributed by atoms with Crippen molar-refractivity contribution in [2.75, 3.05) is 12.4 Å². The predicted octanol–water partition coefficient (Wildman–Crippen LogP) is 2.33. The molecule has 1 aromatic rings. The number of anilines is 1. The molecule has 0 aromatic heterocycles. The van der Waals surface area contributed by atoms with Gasteiger partial charge in [0, 0.05) is 12.5 Å². The fourth-order valence-corrected chi connectivity index (χ4v) is 1.75. The van der Waals surface area contributed by atoms with Crippen LogP contribution < -0.4 is 15.8 Å². The standard InChI is InChI=1S/C13H21N3O2/c1-4-10(8-13(14)16-17)15-11-7-9(2)5-6-12(11)18-3/h5-7,10,15,17H,4,8H2,1-3H3,(H2,14,16). The molecular formula is C13H21N3O2. The number of benzene rings is 1. The van der Waals surface area contributed by atoms with Gasteiger partial charge >= 0.3 is 0 Å². The topological polar surface area (TPSA) is 79.9 Å². The molecule has 1 aromatic carbocycles. The van der Waals surface area contributed by atoms with Crippen LogP contribution >= 0.6 is 0 Å². The molecule has 0 amide bonds. The van der Waals surface area contributed by atoms with E-state index in [1.165, 1.54) is 0 Å². The van der Waals surface area contributed by atoms with Crippen LogP contribution in [0.4, 0.5) is 5.69 Å². The van der Waals surface area contributed by atoms with E-state index in [1.807, 2.05) is 32.0 Å². The lowest BCUT2D eigenvalue weighted by Crippen LogP contribution is -2.26. The first-order valence-electron chi connectivity index (χ1n) is 5.98. The van der Waals surface area contributed by atoms with E-state index in [1.54, 1.807) is 7.11 Å². The van der Waals surface area contributed by atoms with Crippen LogP contribution in [0.5, 0.6) is 5.75 Å². The molecule has 1 atom stereocenters. The molecule has 0 fully saturated rings. The van der Waals surface area contributed by atoms with Gasteiger partial charge in [0.15, 0.2) is 0 Å². The Labute approximate surface area is 108 Å². The molecule has 18 heavy (non-hydrogen) atoms. The number of nitrogens with zero attached hydrogens (tertiary/aromatic N) is 1. The molecule has 0 aliphatic heterocycles. The third kappa shape index (κ3) is 3.84. The van der Waals surface area contributed by atoms with Crippen LogP contribution in [0.2, 0.25) is 0 Å². The van der Waals surface area contributed by atoms with Crippen molar-refractivity contribution in [1.29, 1.82) is 0 Å². The van der Waals surface area contributed by atoms with E-state index in [4.69, 9.17) is 15.7 Å². The number of nitrogens with two attached hydrogens (primary N) is 1. The van der Waals surface area contributed by atoms with Crippen molar-refractivity contribution in [2.45, 2.75) is 32.7 Å². The SMILES string of the molecule is CCC(CC(N)=NO)Nc1cc(C)ccc1OC. The van der Waals surface area contributed by atoms with Crippen LogP contribution in [-0.4, -0.2) is 24.2 Å². The van der Waals surface area contributed by atoms with Crippen molar-refractivity contribution in [3.63, 3.8) is 0 Å². The Kier molecular flexibility index (Phi) is 5.30. The van der Waals surface area contributed by atoms with E-state index < -0.39 is 0 Å². The summed E-state index contributed by atoms with van der Waals surface area (Å²) in [7, 11) is 1.64. The monoisotopic (exact) mass is 251 g/mol. The van der Waals surface area contributed by atoms with E-state index in [0.717, 1.165) is 23.4 Å². The minimum atomic E-state index is 0.108. The highest BCUT2D eigenvalue weighted by atomic mass is 16.5. The minimum Gasteiger partial charge on any atom is -0.495 e. The molecule has 4 N–H and O–H groups in total. The van der Waals surface area contributed by atoms with Gasteiger partial charge in [-0.15, -0.1) is 0 Å². The summed E-state index contributed by atoms with van der Waals surface area (Å²) in [4.78, 5) is 0. The smallest absolute Gasteiger partial charge is 0.141 e. The molecule has 0 radical (unpaired) electrons. The molecule has 5 heteroatoms. The third-order valence-electron chi connectivity index (χ3n) is 2.79. The molecule has 1 rings (SSSR count). The fourth-order valence-electron chi connectivity index (χ4n) is 1.75. The summed E-state index contributed by atoms with van der Waals surface area (Å²) in [5.41, 5.74) is 7.61. The third-order valence-corrected chi connectivity index (χ3v) is 2.79. The van der Waals surface area contributed by atoms with Crippen LogP contribution in [0.15, 0.2) is 23.4 Å². The summed E-state index contributed by atoms with van der Waals surface area (Å²) < 4.78 is 5.30. The second kappa shape index (κ2) is 6.74. The molecule has 0 aliphatic rings. The van der Waals surface area contributed by atoms with Gasteiger partial charge in [-0.2, -0.15) is 0 Å². The van der Waals surface area contributed by atoms with E-state index in [2.05, 4.69) is 10.5 Å². The lowest BCUT2D eigenvalue weighted by atomic mass is 10.1. The Morgan fingerprint density at radius 1 is 1.56 bits per heavy atom. The average Bonchev–Trinajstić information content (AvgIpc) is 2.38. The highest BCUT2D eigenvalue weighted by molar-refractivity contribution is 5.80. The second-order valence-electron chi connectivity index (χ2n) is 4.25. The van der Waals surface area contributed by atoms with Gasteiger partial charge in [0.05, 0.1) is 12.8 Å². The average molecular weight is 251 g/mol. The lowest BCUT2D eigenvalue weighted by molar-refractivity contribution is 0.316. The van der Waals surface area contributed by atoms with Crippen LogP contribution in [0.3, 0.4) is 0 Å². The van der Waals surface area contributed by atoms with Gasteiger partial charge in [-0.1, -0.05) is 18.1 Å². The first-order chi connectivity index (χ1) is 8.60. The van der Waals surface area contributed by atoms with Crippen molar-refractivity contribution in [3.05, 3.63) is 23.8 Å². The summed E-state index contributed by atoms with van der Waals surface area (Å²) in [6.45, 7) is 4.07. The lowest BCUT2D eigenvalue weighted by Gasteiger charge is -2.19. The van der Waals surface area contributed by atoms with Crippen molar-refractivity contribution in [3.8, 4) is 5.75 Å². The van der Waals surface area contributed by atoms with Crippen molar-refractivity contribution in [1.82, 2.24) is 0 Å². The van der Waals surface area contributed by atoms with Crippen molar-refractivity contribution < 1.29 is 9.94 Å². The number of oxime groups is 1. The summed E-state index contributed by atoms with van der Waals surface area (Å²) in [5.74, 6) is 1.01. The number of nitrogens with one attached hydrogen (secondary N) is 1. The Morgan fingerprint density at radius 3 is 2.83 bits per heavy atom. The largest absolute Gasteiger partial charge is 0.495 e. The highest BCUT2D eigenvalue weighted by Crippen LogP contribution is 2.26. The zero-order chi connectivity index (χ0) is 13.5. The van der Waals surface area contributed by atoms with Gasteiger partial charge in [0.25, 0.3) is 0 Å². The van der Waals surface area contributed by atoms with Gasteiger partial charge in [0.2, 0.25) is 0 Å². The molecule has 0 aliphatic carbocycles. The summed E-state index contributed by atoms with van der Waals surface area (Å²) in [6.07, 6.45) is 1.36. The quantitative estimate of drug-likeness (QED) is 0.314. The van der Waals surface area contributed by atoms with Gasteiger partial charge < -0.3 is 21.0 Å². The van der Waals surface area contributed by atoms with Gasteiger partial charge in [-0.05, 0) is 31.0 Å². The Morgan fingerprint density at radius 2 is 2.28 bits per heavy atom. The number of amidine groups is 1. The van der Waals surface area contributed by atoms with Crippen LogP contribution in [-0.2, 0) is 0 Å². The zero-order valence-electron chi connectivity index (χ0n) is 11.1. The van der Waals surface area contributed by atoms with Crippen molar-refractivity contribution in [2.24, 2.45) is 10.9 Å². The Bertz CT molecular complexity index is 419. The zero-order valence-corrected chi connectivity index (χ0v) is 11.1. The number of hydrogen-bond donors (Lipinski definition) is 3. The number of aryl methyl sites for hydroxylation is 1. The maximum absolute atomic E-state index is 8.60. The van der Waals surface area contributed by atoms with Crippen molar-refractivity contribution >= 4 is 11.5 Å². The number of rotatable bonds is 6. The maximum atomic E-state index is 8.60. The summed E-state index contributed by atoms with van der Waals surface area (Å²) in [6, 6.07) is 6.05. The van der Waals surface area contributed by atoms with E-state index in [-0.39, 0.29) is 11.9 Å². The summed E-state index contributed by atoms with van der Waals surface area (Å²) >= 11 is 0. The van der Waals surface area contributed by atoms with Crippen LogP contribution in [0.25, 0.3) is 0 Å². The fraction of sp³-hybridized carbons (Fsp3) is 0.462. The first-order valence-corrected chi connectivity index (χ1v) is 5.98. The molecule has 5 nitrogen and oxygen atoms in total. The van der Waals surface area contributed by atoms with E-state index in [0.29, 0.717) is 6.42 Å². The molecule has 0 spiro atoms. The first kappa shape index (κ1) is 14.2. The molecule has 100 valence electrons. The predicted molar refractivity (Wildman–Crippen MR) is 73.5 cm³/mol. The summed E-state index contributed by atoms with van der Waals surface area (Å²) in [5, 5.41) is 15.0. The van der Waals surface area contributed by atoms with Gasteiger partial charge in [0.1, 0.15) is 11.6 Å². The number of methoxy groups -OCH3 is 1. The molecule has 0 bridgehead atoms. The number of hydrogen-bond acceptors (Lipinski definition) is 4.